The highest BCUT2D eigenvalue weighted by atomic mass is 32.1. The molecule has 4 aromatic rings. The van der Waals surface area contributed by atoms with E-state index < -0.39 is 0 Å². The zero-order valence-corrected chi connectivity index (χ0v) is 15.6. The first-order valence-electron chi connectivity index (χ1n) is 8.80. The minimum atomic E-state index is 0.0374. The molecule has 134 valence electrons. The van der Waals surface area contributed by atoms with Gasteiger partial charge in [0.15, 0.2) is 0 Å². The predicted molar refractivity (Wildman–Crippen MR) is 105 cm³/mol. The summed E-state index contributed by atoms with van der Waals surface area (Å²) in [7, 11) is 1.88. The summed E-state index contributed by atoms with van der Waals surface area (Å²) in [6.07, 6.45) is 4.26. The van der Waals surface area contributed by atoms with E-state index in [1.54, 1.807) is 28.4 Å². The second-order valence-electron chi connectivity index (χ2n) is 6.57. The maximum atomic E-state index is 13.1. The number of thiazole rings is 1. The van der Waals surface area contributed by atoms with Crippen LogP contribution in [0.5, 0.6) is 0 Å². The van der Waals surface area contributed by atoms with Crippen LogP contribution in [0, 0.1) is 0 Å². The number of rotatable bonds is 4. The number of para-hydroxylation sites is 1. The van der Waals surface area contributed by atoms with Gasteiger partial charge in [-0.2, -0.15) is 5.10 Å². The van der Waals surface area contributed by atoms with Crippen LogP contribution < -0.4 is 0 Å². The molecule has 3 aromatic heterocycles. The Bertz CT molecular complexity index is 1130. The molecule has 7 heteroatoms. The van der Waals surface area contributed by atoms with E-state index >= 15 is 0 Å². The maximum absolute atomic E-state index is 13.1. The third-order valence-corrected chi connectivity index (χ3v) is 6.00. The number of hydrogen-bond donors (Lipinski definition) is 0. The van der Waals surface area contributed by atoms with Gasteiger partial charge in [0.05, 0.1) is 38.7 Å². The van der Waals surface area contributed by atoms with E-state index in [-0.39, 0.29) is 5.91 Å². The molecule has 1 aliphatic rings. The quantitative estimate of drug-likeness (QED) is 0.549. The summed E-state index contributed by atoms with van der Waals surface area (Å²) < 4.78 is 2.97. The number of aromatic nitrogens is 4. The number of pyridine rings is 1. The van der Waals surface area contributed by atoms with E-state index in [2.05, 4.69) is 21.1 Å². The van der Waals surface area contributed by atoms with Crippen molar-refractivity contribution in [3.63, 3.8) is 0 Å². The van der Waals surface area contributed by atoms with Crippen molar-refractivity contribution in [3.05, 3.63) is 65.1 Å². The van der Waals surface area contributed by atoms with Crippen LogP contribution >= 0.6 is 11.3 Å². The van der Waals surface area contributed by atoms with Crippen LogP contribution in [0.15, 0.2) is 48.8 Å². The standard InChI is InChI=1S/C20H17N5OS/c1-24-16(7-10-22-24)13-6-9-21-15-12-25(20(26)19(13)15)11-8-18-23-14-4-2-3-5-17(14)27-18/h2-7,9-10H,8,11-12H2,1H3. The lowest BCUT2D eigenvalue weighted by Gasteiger charge is -2.14. The zero-order chi connectivity index (χ0) is 18.4. The molecule has 6 nitrogen and oxygen atoms in total. The van der Waals surface area contributed by atoms with Gasteiger partial charge in [-0.1, -0.05) is 12.1 Å². The Balaban J connectivity index is 1.39. The number of carbonyl (C=O) groups excluding carboxylic acids is 1. The fraction of sp³-hybridized carbons (Fsp3) is 0.200. The topological polar surface area (TPSA) is 63.9 Å². The molecule has 0 saturated carbocycles. The molecule has 0 spiro atoms. The van der Waals surface area contributed by atoms with Crippen molar-refractivity contribution >= 4 is 27.5 Å². The highest BCUT2D eigenvalue weighted by Crippen LogP contribution is 2.31. The van der Waals surface area contributed by atoms with Crippen molar-refractivity contribution in [1.29, 1.82) is 0 Å². The number of aryl methyl sites for hydroxylation is 1. The van der Waals surface area contributed by atoms with E-state index in [1.165, 1.54) is 4.70 Å². The normalized spacial score (nSPS) is 13.5. The van der Waals surface area contributed by atoms with Gasteiger partial charge in [0.1, 0.15) is 0 Å². The van der Waals surface area contributed by atoms with Crippen LogP contribution in [0.2, 0.25) is 0 Å². The summed E-state index contributed by atoms with van der Waals surface area (Å²) in [5.41, 5.74) is 4.38. The summed E-state index contributed by atoms with van der Waals surface area (Å²) in [4.78, 5) is 24.0. The van der Waals surface area contributed by atoms with E-state index in [4.69, 9.17) is 0 Å². The second-order valence-corrected chi connectivity index (χ2v) is 7.69. The Morgan fingerprint density at radius 2 is 2.04 bits per heavy atom. The molecular formula is C20H17N5OS. The van der Waals surface area contributed by atoms with Crippen LogP contribution in [-0.2, 0) is 20.0 Å². The van der Waals surface area contributed by atoms with Gasteiger partial charge >= 0.3 is 0 Å². The van der Waals surface area contributed by atoms with Crippen molar-refractivity contribution in [1.82, 2.24) is 24.6 Å². The molecule has 0 atom stereocenters. The average Bonchev–Trinajstić information content (AvgIpc) is 3.37. The van der Waals surface area contributed by atoms with Gasteiger partial charge in [0.25, 0.3) is 5.91 Å². The van der Waals surface area contributed by atoms with E-state index in [0.29, 0.717) is 18.7 Å². The predicted octanol–water partition coefficient (Wildman–Crippen LogP) is 3.29. The van der Waals surface area contributed by atoms with Gasteiger partial charge in [0, 0.05) is 38.0 Å². The van der Waals surface area contributed by atoms with Crippen molar-refractivity contribution in [3.8, 4) is 11.3 Å². The summed E-state index contributed by atoms with van der Waals surface area (Å²) in [5.74, 6) is 0.0374. The minimum absolute atomic E-state index is 0.0374. The van der Waals surface area contributed by atoms with Crippen LogP contribution in [0.3, 0.4) is 0 Å². The van der Waals surface area contributed by atoms with Crippen molar-refractivity contribution in [2.24, 2.45) is 7.05 Å². The molecule has 1 aliphatic heterocycles. The van der Waals surface area contributed by atoms with Crippen molar-refractivity contribution in [2.45, 2.75) is 13.0 Å². The van der Waals surface area contributed by atoms with Gasteiger partial charge in [-0.05, 0) is 24.3 Å². The number of carbonyl (C=O) groups is 1. The Labute approximate surface area is 160 Å². The third kappa shape index (κ3) is 2.71. The number of fused-ring (bicyclic) bond motifs is 2. The summed E-state index contributed by atoms with van der Waals surface area (Å²) in [6, 6.07) is 11.9. The van der Waals surface area contributed by atoms with Crippen molar-refractivity contribution < 1.29 is 4.79 Å². The molecule has 4 heterocycles. The first kappa shape index (κ1) is 16.1. The number of amides is 1. The molecule has 0 radical (unpaired) electrons. The number of nitrogens with zero attached hydrogens (tertiary/aromatic N) is 5. The highest BCUT2D eigenvalue weighted by molar-refractivity contribution is 7.18. The van der Waals surface area contributed by atoms with Crippen molar-refractivity contribution in [2.75, 3.05) is 6.54 Å². The number of benzene rings is 1. The third-order valence-electron chi connectivity index (χ3n) is 4.90. The largest absolute Gasteiger partial charge is 0.332 e. The fourth-order valence-electron chi connectivity index (χ4n) is 3.56. The monoisotopic (exact) mass is 375 g/mol. The van der Waals surface area contributed by atoms with Gasteiger partial charge < -0.3 is 4.90 Å². The lowest BCUT2D eigenvalue weighted by molar-refractivity contribution is 0.0780. The first-order valence-corrected chi connectivity index (χ1v) is 9.62. The second kappa shape index (κ2) is 6.28. The Morgan fingerprint density at radius 1 is 1.15 bits per heavy atom. The molecule has 5 rings (SSSR count). The zero-order valence-electron chi connectivity index (χ0n) is 14.8. The van der Waals surface area contributed by atoms with E-state index in [9.17, 15) is 4.79 Å². The van der Waals surface area contributed by atoms with Crippen LogP contribution in [0.25, 0.3) is 21.5 Å². The van der Waals surface area contributed by atoms with Gasteiger partial charge in [-0.15, -0.1) is 11.3 Å². The summed E-state index contributed by atoms with van der Waals surface area (Å²) in [5, 5.41) is 5.28. The number of hydrogen-bond acceptors (Lipinski definition) is 5. The molecule has 0 saturated heterocycles. The molecule has 0 aliphatic carbocycles. The molecule has 1 amide bonds. The minimum Gasteiger partial charge on any atom is -0.332 e. The molecule has 1 aromatic carbocycles. The fourth-order valence-corrected chi connectivity index (χ4v) is 4.52. The molecular weight excluding hydrogens is 358 g/mol. The average molecular weight is 375 g/mol. The van der Waals surface area contributed by atoms with Crippen LogP contribution in [0.1, 0.15) is 21.1 Å². The summed E-state index contributed by atoms with van der Waals surface area (Å²) in [6.45, 7) is 1.19. The lowest BCUT2D eigenvalue weighted by Crippen LogP contribution is -2.26. The van der Waals surface area contributed by atoms with Gasteiger partial charge in [-0.3, -0.25) is 14.5 Å². The molecule has 0 bridgehead atoms. The van der Waals surface area contributed by atoms with Gasteiger partial charge in [-0.25, -0.2) is 4.98 Å². The smallest absolute Gasteiger partial charge is 0.256 e. The Hall–Kier alpha value is -3.06. The summed E-state index contributed by atoms with van der Waals surface area (Å²) >= 11 is 1.69. The molecule has 0 N–H and O–H groups in total. The maximum Gasteiger partial charge on any atom is 0.256 e. The molecule has 0 fully saturated rings. The lowest BCUT2D eigenvalue weighted by atomic mass is 10.1. The van der Waals surface area contributed by atoms with Crippen LogP contribution in [0.4, 0.5) is 0 Å². The van der Waals surface area contributed by atoms with E-state index in [1.807, 2.05) is 42.3 Å². The van der Waals surface area contributed by atoms with Gasteiger partial charge in [0.2, 0.25) is 0 Å². The van der Waals surface area contributed by atoms with Crippen LogP contribution in [-0.4, -0.2) is 37.1 Å². The molecule has 0 unspecified atom stereocenters. The first-order chi connectivity index (χ1) is 13.2. The van der Waals surface area contributed by atoms with E-state index in [0.717, 1.165) is 33.9 Å². The molecule has 27 heavy (non-hydrogen) atoms. The Kier molecular flexibility index (Phi) is 3.75. The SMILES string of the molecule is Cn1nccc1-c1ccnc2c1C(=O)N(CCc1nc3ccccc3s1)C2. The highest BCUT2D eigenvalue weighted by Gasteiger charge is 2.31. The Morgan fingerprint density at radius 3 is 2.85 bits per heavy atom.